The maximum Gasteiger partial charge on any atom is 0.399 e. The highest BCUT2D eigenvalue weighted by Gasteiger charge is 2.45. The summed E-state index contributed by atoms with van der Waals surface area (Å²) < 4.78 is 38.5. The van der Waals surface area contributed by atoms with Gasteiger partial charge in [-0.1, -0.05) is 0 Å². The van der Waals surface area contributed by atoms with Crippen molar-refractivity contribution < 1.29 is 17.9 Å². The molecule has 47 valence electrons. The van der Waals surface area contributed by atoms with Crippen LogP contribution in [0.1, 0.15) is 0 Å². The molecule has 0 amide bonds. The lowest BCUT2D eigenvalue weighted by atomic mass is 10.1. The van der Waals surface area contributed by atoms with E-state index in [4.69, 9.17) is 0 Å². The van der Waals surface area contributed by atoms with Crippen LogP contribution in [0.2, 0.25) is 0 Å². The first kappa shape index (κ1) is 5.88. The molecule has 0 aromatic rings. The molecular weight excluding hydrogens is 121 g/mol. The molecule has 1 aliphatic heterocycles. The summed E-state index contributed by atoms with van der Waals surface area (Å²) in [4.78, 5) is 0. The molecule has 1 aliphatic rings. The summed E-state index contributed by atoms with van der Waals surface area (Å²) in [6.45, 7) is -0.465. The van der Waals surface area contributed by atoms with E-state index in [1.54, 1.807) is 0 Å². The van der Waals surface area contributed by atoms with Gasteiger partial charge in [-0.15, -0.1) is 0 Å². The smallest absolute Gasteiger partial charge is 0.379 e. The first-order valence-corrected chi connectivity index (χ1v) is 2.10. The van der Waals surface area contributed by atoms with Crippen molar-refractivity contribution in [1.29, 1.82) is 0 Å². The predicted molar refractivity (Wildman–Crippen MR) is 20.1 cm³/mol. The van der Waals surface area contributed by atoms with Crippen LogP contribution in [-0.4, -0.2) is 19.4 Å². The first-order valence-electron chi connectivity index (χ1n) is 2.10. The van der Waals surface area contributed by atoms with Gasteiger partial charge in [-0.05, 0) is 0 Å². The van der Waals surface area contributed by atoms with Crippen molar-refractivity contribution in [3.8, 4) is 0 Å². The van der Waals surface area contributed by atoms with Crippen molar-refractivity contribution in [3.63, 3.8) is 0 Å². The molecule has 1 fully saturated rings. The van der Waals surface area contributed by atoms with Crippen molar-refractivity contribution in [2.24, 2.45) is 0 Å². The van der Waals surface area contributed by atoms with E-state index < -0.39 is 12.1 Å². The normalized spacial score (nSPS) is 22.9. The van der Waals surface area contributed by atoms with Crippen molar-refractivity contribution in [3.05, 3.63) is 5.92 Å². The van der Waals surface area contributed by atoms with Gasteiger partial charge < -0.3 is 4.74 Å². The Morgan fingerprint density at radius 2 is 1.75 bits per heavy atom. The summed E-state index contributed by atoms with van der Waals surface area (Å²) in [6, 6.07) is 0. The Bertz CT molecular complexity index is 83.8. The minimum Gasteiger partial charge on any atom is -0.379 e. The van der Waals surface area contributed by atoms with E-state index in [1.807, 2.05) is 0 Å². The molecule has 1 nitrogen and oxygen atoms in total. The standard InChI is InChI=1S/C4H4F3O/c5-4(6,7)3-1-8-2-3/h1-2H2. The van der Waals surface area contributed by atoms with Crippen LogP contribution < -0.4 is 0 Å². The second-order valence-corrected chi connectivity index (χ2v) is 1.59. The Labute approximate surface area is 44.4 Å². The number of ether oxygens (including phenoxy) is 1. The van der Waals surface area contributed by atoms with Gasteiger partial charge in [0.15, 0.2) is 0 Å². The van der Waals surface area contributed by atoms with Crippen LogP contribution in [0, 0.1) is 5.92 Å². The highest BCUT2D eigenvalue weighted by Crippen LogP contribution is 2.33. The lowest BCUT2D eigenvalue weighted by Gasteiger charge is -2.26. The van der Waals surface area contributed by atoms with Gasteiger partial charge in [0.1, 0.15) is 5.92 Å². The summed E-state index contributed by atoms with van der Waals surface area (Å²) in [7, 11) is 0. The molecule has 1 rings (SSSR count). The summed E-state index contributed by atoms with van der Waals surface area (Å²) in [5, 5.41) is 0. The van der Waals surface area contributed by atoms with E-state index in [0.717, 1.165) is 0 Å². The number of rotatable bonds is 0. The Morgan fingerprint density at radius 1 is 1.25 bits per heavy atom. The SMILES string of the molecule is FC(F)(F)[C]1COC1. The molecular formula is C4H4F3O. The molecule has 8 heavy (non-hydrogen) atoms. The number of hydrogen-bond donors (Lipinski definition) is 0. The molecule has 0 N–H and O–H groups in total. The number of halogens is 3. The van der Waals surface area contributed by atoms with Gasteiger partial charge in [-0.25, -0.2) is 0 Å². The molecule has 0 aliphatic carbocycles. The zero-order valence-corrected chi connectivity index (χ0v) is 3.96. The van der Waals surface area contributed by atoms with Crippen molar-refractivity contribution in [2.45, 2.75) is 6.18 Å². The quantitative estimate of drug-likeness (QED) is 0.472. The molecule has 0 aromatic carbocycles. The third kappa shape index (κ3) is 0.940. The Balaban J connectivity index is 2.34. The van der Waals surface area contributed by atoms with E-state index in [9.17, 15) is 13.2 Å². The zero-order valence-electron chi connectivity index (χ0n) is 3.96. The molecule has 4 heteroatoms. The second kappa shape index (κ2) is 1.62. The molecule has 1 radical (unpaired) electrons. The van der Waals surface area contributed by atoms with Crippen LogP contribution >= 0.6 is 0 Å². The van der Waals surface area contributed by atoms with E-state index in [0.29, 0.717) is 0 Å². The molecule has 1 saturated heterocycles. The van der Waals surface area contributed by atoms with Gasteiger partial charge in [0, 0.05) is 0 Å². The third-order valence-electron chi connectivity index (χ3n) is 0.953. The van der Waals surface area contributed by atoms with Gasteiger partial charge >= 0.3 is 6.18 Å². The monoisotopic (exact) mass is 125 g/mol. The third-order valence-corrected chi connectivity index (χ3v) is 0.953. The van der Waals surface area contributed by atoms with E-state index >= 15 is 0 Å². The predicted octanol–water partition coefficient (Wildman–Crippen LogP) is 1.15. The molecule has 0 spiro atoms. The molecule has 0 aromatic heterocycles. The summed E-state index contributed by atoms with van der Waals surface area (Å²) in [5.74, 6) is -0.461. The first-order chi connectivity index (χ1) is 3.61. The van der Waals surface area contributed by atoms with Crippen LogP contribution in [0.15, 0.2) is 0 Å². The maximum atomic E-state index is 11.4. The van der Waals surface area contributed by atoms with Crippen molar-refractivity contribution in [1.82, 2.24) is 0 Å². The molecule has 0 saturated carbocycles. The Kier molecular flexibility index (Phi) is 1.19. The fourth-order valence-electron chi connectivity index (χ4n) is 0.368. The highest BCUT2D eigenvalue weighted by atomic mass is 19.4. The van der Waals surface area contributed by atoms with Crippen molar-refractivity contribution in [2.75, 3.05) is 13.2 Å². The largest absolute Gasteiger partial charge is 0.399 e. The van der Waals surface area contributed by atoms with Crippen LogP contribution in [0.3, 0.4) is 0 Å². The van der Waals surface area contributed by atoms with E-state index in [2.05, 4.69) is 4.74 Å². The minimum absolute atomic E-state index is 0.233. The van der Waals surface area contributed by atoms with E-state index in [1.165, 1.54) is 0 Å². The number of hydrogen-bond acceptors (Lipinski definition) is 1. The lowest BCUT2D eigenvalue weighted by Crippen LogP contribution is -2.37. The van der Waals surface area contributed by atoms with Crippen LogP contribution in [0.25, 0.3) is 0 Å². The van der Waals surface area contributed by atoms with Gasteiger partial charge in [-0.2, -0.15) is 13.2 Å². The Morgan fingerprint density at radius 3 is 1.75 bits per heavy atom. The van der Waals surface area contributed by atoms with E-state index in [-0.39, 0.29) is 13.2 Å². The number of alkyl halides is 3. The molecule has 0 unspecified atom stereocenters. The average Bonchev–Trinajstić information content (AvgIpc) is 1.16. The van der Waals surface area contributed by atoms with Crippen molar-refractivity contribution >= 4 is 0 Å². The van der Waals surface area contributed by atoms with Crippen LogP contribution in [0.4, 0.5) is 13.2 Å². The van der Waals surface area contributed by atoms with Gasteiger partial charge in [0.25, 0.3) is 0 Å². The molecule has 0 bridgehead atoms. The summed E-state index contributed by atoms with van der Waals surface area (Å²) in [6.07, 6.45) is -4.11. The van der Waals surface area contributed by atoms with Crippen LogP contribution in [0.5, 0.6) is 0 Å². The lowest BCUT2D eigenvalue weighted by molar-refractivity contribution is -0.161. The second-order valence-electron chi connectivity index (χ2n) is 1.59. The molecule has 0 atom stereocenters. The Hall–Kier alpha value is -0.250. The average molecular weight is 125 g/mol. The maximum absolute atomic E-state index is 11.4. The topological polar surface area (TPSA) is 9.23 Å². The summed E-state index contributed by atoms with van der Waals surface area (Å²) >= 11 is 0. The minimum atomic E-state index is -4.11. The molecule has 1 heterocycles. The van der Waals surface area contributed by atoms with Gasteiger partial charge in [0.2, 0.25) is 0 Å². The fourth-order valence-corrected chi connectivity index (χ4v) is 0.368. The van der Waals surface area contributed by atoms with Gasteiger partial charge in [0.05, 0.1) is 13.2 Å². The fraction of sp³-hybridized carbons (Fsp3) is 0.750. The highest BCUT2D eigenvalue weighted by molar-refractivity contribution is 5.03. The van der Waals surface area contributed by atoms with Gasteiger partial charge in [-0.3, -0.25) is 0 Å². The zero-order chi connectivity index (χ0) is 6.20. The van der Waals surface area contributed by atoms with Crippen LogP contribution in [-0.2, 0) is 4.74 Å². The summed E-state index contributed by atoms with van der Waals surface area (Å²) in [5.41, 5.74) is 0.